The summed E-state index contributed by atoms with van der Waals surface area (Å²) in [5.41, 5.74) is 1.83. The predicted octanol–water partition coefficient (Wildman–Crippen LogP) is 2.83. The normalized spacial score (nSPS) is 23.7. The third kappa shape index (κ3) is 3.09. The molecule has 0 fully saturated rings. The van der Waals surface area contributed by atoms with Crippen LogP contribution < -0.4 is 0 Å². The molecule has 1 aliphatic rings. The van der Waals surface area contributed by atoms with Gasteiger partial charge in [-0.15, -0.1) is 0 Å². The topological polar surface area (TPSA) is 46.5 Å². The van der Waals surface area contributed by atoms with E-state index >= 15 is 0 Å². The van der Waals surface area contributed by atoms with Crippen LogP contribution in [0.1, 0.15) is 53.4 Å². The number of hydrogen-bond donors (Lipinski definition) is 1. The summed E-state index contributed by atoms with van der Waals surface area (Å²) in [7, 11) is 0. The number of ether oxygens (including phenoxy) is 1. The van der Waals surface area contributed by atoms with Gasteiger partial charge in [-0.3, -0.25) is 4.79 Å². The van der Waals surface area contributed by atoms with Gasteiger partial charge in [-0.2, -0.15) is 0 Å². The van der Waals surface area contributed by atoms with E-state index in [0.29, 0.717) is 13.0 Å². The molecule has 0 saturated carbocycles. The van der Waals surface area contributed by atoms with Crippen LogP contribution in [0.2, 0.25) is 0 Å². The summed E-state index contributed by atoms with van der Waals surface area (Å²) in [5, 5.41) is 9.71. The minimum Gasteiger partial charge on any atom is -0.466 e. The lowest BCUT2D eigenvalue weighted by molar-refractivity contribution is -0.154. The molecule has 1 rings (SSSR count). The van der Waals surface area contributed by atoms with Crippen LogP contribution in [-0.4, -0.2) is 23.8 Å². The lowest BCUT2D eigenvalue weighted by Gasteiger charge is -2.26. The van der Waals surface area contributed by atoms with Crippen molar-refractivity contribution in [2.24, 2.45) is 5.41 Å². The first-order chi connectivity index (χ1) is 7.94. The van der Waals surface area contributed by atoms with E-state index in [-0.39, 0.29) is 12.1 Å². The van der Waals surface area contributed by atoms with E-state index in [1.165, 1.54) is 5.57 Å². The number of carbonyl (C=O) groups is 1. The van der Waals surface area contributed by atoms with Gasteiger partial charge in [-0.25, -0.2) is 0 Å². The van der Waals surface area contributed by atoms with Crippen LogP contribution in [-0.2, 0) is 9.53 Å². The van der Waals surface area contributed by atoms with E-state index in [9.17, 15) is 9.90 Å². The van der Waals surface area contributed by atoms with Crippen molar-refractivity contribution < 1.29 is 14.6 Å². The van der Waals surface area contributed by atoms with E-state index < -0.39 is 5.41 Å². The second kappa shape index (κ2) is 5.67. The van der Waals surface area contributed by atoms with Crippen LogP contribution in [0, 0.1) is 5.41 Å². The Morgan fingerprint density at radius 2 is 2.18 bits per heavy atom. The summed E-state index contributed by atoms with van der Waals surface area (Å²) in [6.07, 6.45) is 2.86. The second-order valence-corrected chi connectivity index (χ2v) is 5.15. The van der Waals surface area contributed by atoms with Crippen LogP contribution in [0.25, 0.3) is 0 Å². The summed E-state index contributed by atoms with van der Waals surface area (Å²) in [4.78, 5) is 12.0. The summed E-state index contributed by atoms with van der Waals surface area (Å²) >= 11 is 0. The van der Waals surface area contributed by atoms with Crippen LogP contribution >= 0.6 is 0 Å². The summed E-state index contributed by atoms with van der Waals surface area (Å²) in [5.74, 6) is -0.121. The Balaban J connectivity index is 2.79. The lowest BCUT2D eigenvalue weighted by Crippen LogP contribution is -2.30. The molecule has 3 nitrogen and oxygen atoms in total. The van der Waals surface area contributed by atoms with Gasteiger partial charge in [0.2, 0.25) is 0 Å². The zero-order valence-corrected chi connectivity index (χ0v) is 11.4. The Hall–Kier alpha value is -0.830. The summed E-state index contributed by atoms with van der Waals surface area (Å²) in [6.45, 7) is 8.19. The van der Waals surface area contributed by atoms with Gasteiger partial charge in [0.15, 0.2) is 0 Å². The van der Waals surface area contributed by atoms with Crippen molar-refractivity contribution in [2.75, 3.05) is 6.61 Å². The highest BCUT2D eigenvalue weighted by atomic mass is 16.5. The van der Waals surface area contributed by atoms with Gasteiger partial charge in [0.1, 0.15) is 0 Å². The molecule has 0 aromatic rings. The zero-order valence-electron chi connectivity index (χ0n) is 11.4. The molecule has 1 aliphatic carbocycles. The predicted molar refractivity (Wildman–Crippen MR) is 67.6 cm³/mol. The second-order valence-electron chi connectivity index (χ2n) is 5.15. The largest absolute Gasteiger partial charge is 0.466 e. The maximum absolute atomic E-state index is 12.0. The lowest BCUT2D eigenvalue weighted by atomic mass is 9.80. The number of carbonyl (C=O) groups excluding carboxylic acids is 1. The molecule has 0 aromatic carbocycles. The number of aliphatic hydroxyl groups excluding tert-OH is 1. The maximum atomic E-state index is 12.0. The van der Waals surface area contributed by atoms with Gasteiger partial charge < -0.3 is 9.84 Å². The van der Waals surface area contributed by atoms with Crippen molar-refractivity contribution in [2.45, 2.75) is 59.5 Å². The van der Waals surface area contributed by atoms with Gasteiger partial charge in [-0.05, 0) is 52.0 Å². The van der Waals surface area contributed by atoms with E-state index in [0.717, 1.165) is 24.8 Å². The van der Waals surface area contributed by atoms with Gasteiger partial charge >= 0.3 is 5.97 Å². The van der Waals surface area contributed by atoms with E-state index in [1.54, 1.807) is 0 Å². The Kier molecular flexibility index (Phi) is 4.75. The fourth-order valence-corrected chi connectivity index (χ4v) is 2.31. The van der Waals surface area contributed by atoms with Crippen LogP contribution in [0.4, 0.5) is 0 Å². The molecule has 0 bridgehead atoms. The van der Waals surface area contributed by atoms with Gasteiger partial charge in [0.25, 0.3) is 0 Å². The van der Waals surface area contributed by atoms with E-state index in [1.807, 2.05) is 27.7 Å². The molecule has 0 amide bonds. The molecule has 1 N–H and O–H groups in total. The molecule has 0 spiro atoms. The molecule has 17 heavy (non-hydrogen) atoms. The average molecular weight is 240 g/mol. The number of hydrogen-bond acceptors (Lipinski definition) is 3. The highest BCUT2D eigenvalue weighted by molar-refractivity contribution is 5.76. The highest BCUT2D eigenvalue weighted by Crippen LogP contribution is 2.38. The number of rotatable bonds is 5. The summed E-state index contributed by atoms with van der Waals surface area (Å²) < 4.78 is 5.15. The van der Waals surface area contributed by atoms with Crippen molar-refractivity contribution >= 4 is 5.97 Å². The van der Waals surface area contributed by atoms with Gasteiger partial charge in [0, 0.05) is 0 Å². The summed E-state index contributed by atoms with van der Waals surface area (Å²) in [6, 6.07) is 0. The van der Waals surface area contributed by atoms with Crippen molar-refractivity contribution in [3.05, 3.63) is 11.1 Å². The Labute approximate surface area is 104 Å². The third-order valence-corrected chi connectivity index (χ3v) is 3.93. The van der Waals surface area contributed by atoms with Gasteiger partial charge in [-0.1, -0.05) is 12.5 Å². The molecular weight excluding hydrogens is 216 g/mol. The molecular formula is C14H24O3. The molecule has 3 heteroatoms. The number of allylic oxidation sites excluding steroid dienone is 1. The molecule has 2 atom stereocenters. The van der Waals surface area contributed by atoms with Crippen molar-refractivity contribution in [3.63, 3.8) is 0 Å². The minimum absolute atomic E-state index is 0.121. The standard InChI is InChI=1S/C14H24O3/c1-5-14(4,13(16)17-6-2)9-11-7-8-12(15)10(11)3/h12,15H,5-9H2,1-4H3. The van der Waals surface area contributed by atoms with Crippen LogP contribution in [0.15, 0.2) is 11.1 Å². The number of esters is 1. The van der Waals surface area contributed by atoms with E-state index in [4.69, 9.17) is 4.74 Å². The molecule has 98 valence electrons. The first kappa shape index (κ1) is 14.2. The third-order valence-electron chi connectivity index (χ3n) is 3.93. The van der Waals surface area contributed by atoms with Crippen molar-refractivity contribution in [3.8, 4) is 0 Å². The maximum Gasteiger partial charge on any atom is 0.312 e. The van der Waals surface area contributed by atoms with Crippen molar-refractivity contribution in [1.29, 1.82) is 0 Å². The van der Waals surface area contributed by atoms with Crippen LogP contribution in [0.5, 0.6) is 0 Å². The molecule has 0 heterocycles. The highest BCUT2D eigenvalue weighted by Gasteiger charge is 2.35. The Bertz CT molecular complexity index is 319. The Morgan fingerprint density at radius 3 is 2.59 bits per heavy atom. The minimum atomic E-state index is -0.448. The van der Waals surface area contributed by atoms with Crippen LogP contribution in [0.3, 0.4) is 0 Å². The van der Waals surface area contributed by atoms with Gasteiger partial charge in [0.05, 0.1) is 18.1 Å². The quantitative estimate of drug-likeness (QED) is 0.593. The fraction of sp³-hybridized carbons (Fsp3) is 0.786. The van der Waals surface area contributed by atoms with E-state index in [2.05, 4.69) is 0 Å². The molecule has 0 saturated heterocycles. The average Bonchev–Trinajstić information content (AvgIpc) is 2.61. The first-order valence-electron chi connectivity index (χ1n) is 6.48. The SMILES string of the molecule is CCOC(=O)C(C)(CC)CC1=C(C)C(O)CC1. The molecule has 0 aliphatic heterocycles. The fourth-order valence-electron chi connectivity index (χ4n) is 2.31. The smallest absolute Gasteiger partial charge is 0.312 e. The Morgan fingerprint density at radius 1 is 1.53 bits per heavy atom. The zero-order chi connectivity index (χ0) is 13.1. The monoisotopic (exact) mass is 240 g/mol. The first-order valence-corrected chi connectivity index (χ1v) is 6.48. The van der Waals surface area contributed by atoms with Crippen molar-refractivity contribution in [1.82, 2.24) is 0 Å². The number of aliphatic hydroxyl groups is 1. The molecule has 2 unspecified atom stereocenters. The molecule has 0 aromatic heterocycles. The molecule has 0 radical (unpaired) electrons.